The molecule has 17 heavy (non-hydrogen) atoms. The first-order chi connectivity index (χ1) is 8.19. The second-order valence-corrected chi connectivity index (χ2v) is 4.01. The van der Waals surface area contributed by atoms with Crippen LogP contribution in [-0.4, -0.2) is 35.2 Å². The number of anilines is 1. The van der Waals surface area contributed by atoms with Gasteiger partial charge in [0.05, 0.1) is 17.7 Å². The summed E-state index contributed by atoms with van der Waals surface area (Å²) >= 11 is 0. The molecule has 0 bridgehead atoms. The lowest BCUT2D eigenvalue weighted by Gasteiger charge is -2.16. The highest BCUT2D eigenvalue weighted by Crippen LogP contribution is 2.13. The first-order valence-electron chi connectivity index (χ1n) is 5.43. The fourth-order valence-electron chi connectivity index (χ4n) is 1.80. The van der Waals surface area contributed by atoms with Gasteiger partial charge in [-0.25, -0.2) is 4.79 Å². The second-order valence-electron chi connectivity index (χ2n) is 4.01. The maximum absolute atomic E-state index is 11.8. The predicted molar refractivity (Wildman–Crippen MR) is 62.4 cm³/mol. The summed E-state index contributed by atoms with van der Waals surface area (Å²) < 4.78 is 0. The molecular formula is C12H13N3O2. The van der Waals surface area contributed by atoms with Gasteiger partial charge in [0.1, 0.15) is 0 Å². The lowest BCUT2D eigenvalue weighted by atomic mass is 10.2. The zero-order valence-electron chi connectivity index (χ0n) is 9.26. The van der Waals surface area contributed by atoms with Crippen LogP contribution in [0.3, 0.4) is 0 Å². The third-order valence-electron chi connectivity index (χ3n) is 2.69. The Morgan fingerprint density at radius 1 is 1.59 bits per heavy atom. The van der Waals surface area contributed by atoms with E-state index in [1.165, 1.54) is 0 Å². The lowest BCUT2D eigenvalue weighted by Crippen LogP contribution is -2.33. The molecule has 1 aliphatic heterocycles. The summed E-state index contributed by atoms with van der Waals surface area (Å²) in [6.45, 7) is 0.925. The zero-order valence-corrected chi connectivity index (χ0v) is 9.26. The Kier molecular flexibility index (Phi) is 3.26. The average molecular weight is 231 g/mol. The lowest BCUT2D eigenvalue weighted by molar-refractivity contribution is 0.176. The van der Waals surface area contributed by atoms with Gasteiger partial charge in [0, 0.05) is 18.8 Å². The molecule has 1 aliphatic rings. The van der Waals surface area contributed by atoms with E-state index < -0.39 is 6.10 Å². The number of hydrogen-bond donors (Lipinski definition) is 2. The Bertz CT molecular complexity index is 467. The Morgan fingerprint density at radius 2 is 2.41 bits per heavy atom. The molecule has 5 nitrogen and oxygen atoms in total. The fraction of sp³-hybridized carbons (Fsp3) is 0.333. The molecule has 1 aromatic rings. The molecule has 0 spiro atoms. The molecule has 0 radical (unpaired) electrons. The van der Waals surface area contributed by atoms with Crippen molar-refractivity contribution in [2.45, 2.75) is 12.5 Å². The van der Waals surface area contributed by atoms with Gasteiger partial charge in [0.15, 0.2) is 0 Å². The minimum Gasteiger partial charge on any atom is -0.391 e. The minimum atomic E-state index is -0.425. The highest BCUT2D eigenvalue weighted by Gasteiger charge is 2.24. The molecule has 0 saturated carbocycles. The van der Waals surface area contributed by atoms with Crippen LogP contribution in [0.4, 0.5) is 10.5 Å². The third-order valence-corrected chi connectivity index (χ3v) is 2.69. The number of nitriles is 1. The number of carbonyl (C=O) groups excluding carboxylic acids is 1. The van der Waals surface area contributed by atoms with Gasteiger partial charge < -0.3 is 15.3 Å². The number of β-amino-alcohol motifs (C(OH)–C–C–N with tert-alkyl or cyclic N) is 1. The van der Waals surface area contributed by atoms with Crippen LogP contribution in [0.1, 0.15) is 12.0 Å². The first kappa shape index (κ1) is 11.4. The normalized spacial score (nSPS) is 18.8. The molecule has 0 aromatic heterocycles. The van der Waals surface area contributed by atoms with Crippen LogP contribution >= 0.6 is 0 Å². The van der Waals surface area contributed by atoms with E-state index in [0.717, 1.165) is 0 Å². The van der Waals surface area contributed by atoms with Gasteiger partial charge in [-0.05, 0) is 24.6 Å². The standard InChI is InChI=1S/C12H13N3O2/c13-7-9-2-1-3-10(6-9)14-12(17)15-5-4-11(16)8-15/h1-3,6,11,16H,4-5,8H2,(H,14,17)/t11-/m1/s1. The van der Waals surface area contributed by atoms with Crippen molar-refractivity contribution in [1.82, 2.24) is 4.90 Å². The topological polar surface area (TPSA) is 76.4 Å². The molecule has 88 valence electrons. The van der Waals surface area contributed by atoms with Gasteiger partial charge >= 0.3 is 6.03 Å². The van der Waals surface area contributed by atoms with Crippen LogP contribution in [0.5, 0.6) is 0 Å². The van der Waals surface area contributed by atoms with Crippen molar-refractivity contribution in [2.75, 3.05) is 18.4 Å². The van der Waals surface area contributed by atoms with Crippen molar-refractivity contribution >= 4 is 11.7 Å². The Labute approximate surface area is 99.3 Å². The van der Waals surface area contributed by atoms with Crippen LogP contribution in [0, 0.1) is 11.3 Å². The van der Waals surface area contributed by atoms with Crippen LogP contribution in [0.25, 0.3) is 0 Å². The Balaban J connectivity index is 2.01. The summed E-state index contributed by atoms with van der Waals surface area (Å²) in [7, 11) is 0. The molecule has 1 aromatic carbocycles. The summed E-state index contributed by atoms with van der Waals surface area (Å²) in [6, 6.07) is 8.51. The molecule has 1 heterocycles. The monoisotopic (exact) mass is 231 g/mol. The molecule has 2 rings (SSSR count). The number of aliphatic hydroxyl groups is 1. The summed E-state index contributed by atoms with van der Waals surface area (Å²) in [5.41, 5.74) is 1.10. The summed E-state index contributed by atoms with van der Waals surface area (Å²) in [5, 5.41) is 20.8. The molecular weight excluding hydrogens is 218 g/mol. The van der Waals surface area contributed by atoms with E-state index in [9.17, 15) is 9.90 Å². The van der Waals surface area contributed by atoms with Gasteiger partial charge in [-0.15, -0.1) is 0 Å². The number of urea groups is 1. The van der Waals surface area contributed by atoms with Crippen molar-refractivity contribution < 1.29 is 9.90 Å². The third kappa shape index (κ3) is 2.74. The molecule has 2 amide bonds. The maximum Gasteiger partial charge on any atom is 0.321 e. The number of aliphatic hydroxyl groups excluding tert-OH is 1. The number of nitrogens with zero attached hydrogens (tertiary/aromatic N) is 2. The number of benzene rings is 1. The van der Waals surface area contributed by atoms with E-state index in [4.69, 9.17) is 5.26 Å². The maximum atomic E-state index is 11.8. The van der Waals surface area contributed by atoms with Gasteiger partial charge in [0.2, 0.25) is 0 Å². The smallest absolute Gasteiger partial charge is 0.321 e. The molecule has 1 saturated heterocycles. The fourth-order valence-corrected chi connectivity index (χ4v) is 1.80. The van der Waals surface area contributed by atoms with E-state index >= 15 is 0 Å². The number of amides is 2. The van der Waals surface area contributed by atoms with Crippen molar-refractivity contribution in [1.29, 1.82) is 5.26 Å². The molecule has 1 atom stereocenters. The highest BCUT2D eigenvalue weighted by molar-refractivity contribution is 5.89. The molecule has 0 unspecified atom stereocenters. The van der Waals surface area contributed by atoms with Crippen LogP contribution in [0.2, 0.25) is 0 Å². The predicted octanol–water partition coefficient (Wildman–Crippen LogP) is 1.16. The number of carbonyl (C=O) groups is 1. The zero-order chi connectivity index (χ0) is 12.3. The second kappa shape index (κ2) is 4.85. The van der Waals surface area contributed by atoms with Gasteiger partial charge in [-0.1, -0.05) is 6.07 Å². The van der Waals surface area contributed by atoms with Crippen molar-refractivity contribution in [3.63, 3.8) is 0 Å². The number of rotatable bonds is 1. The van der Waals surface area contributed by atoms with Crippen molar-refractivity contribution in [2.24, 2.45) is 0 Å². The molecule has 5 heteroatoms. The molecule has 0 aliphatic carbocycles. The van der Waals surface area contributed by atoms with Crippen LogP contribution < -0.4 is 5.32 Å². The van der Waals surface area contributed by atoms with E-state index in [2.05, 4.69) is 5.32 Å². The van der Waals surface area contributed by atoms with Gasteiger partial charge in [-0.3, -0.25) is 0 Å². The van der Waals surface area contributed by atoms with E-state index in [1.807, 2.05) is 6.07 Å². The largest absolute Gasteiger partial charge is 0.391 e. The van der Waals surface area contributed by atoms with Crippen LogP contribution in [-0.2, 0) is 0 Å². The minimum absolute atomic E-state index is 0.239. The number of nitrogens with one attached hydrogen (secondary N) is 1. The number of likely N-dealkylation sites (tertiary alicyclic amines) is 1. The molecule has 2 N–H and O–H groups in total. The summed E-state index contributed by atoms with van der Waals surface area (Å²) in [6.07, 6.45) is 0.192. The highest BCUT2D eigenvalue weighted by atomic mass is 16.3. The van der Waals surface area contributed by atoms with Crippen molar-refractivity contribution in [3.8, 4) is 6.07 Å². The quantitative estimate of drug-likeness (QED) is 0.761. The number of hydrogen-bond acceptors (Lipinski definition) is 3. The van der Waals surface area contributed by atoms with E-state index in [0.29, 0.717) is 30.8 Å². The Morgan fingerprint density at radius 3 is 3.06 bits per heavy atom. The average Bonchev–Trinajstić information content (AvgIpc) is 2.76. The first-order valence-corrected chi connectivity index (χ1v) is 5.43. The Hall–Kier alpha value is -2.06. The van der Waals surface area contributed by atoms with Crippen LogP contribution in [0.15, 0.2) is 24.3 Å². The SMILES string of the molecule is N#Cc1cccc(NC(=O)N2CC[C@@H](O)C2)c1. The summed E-state index contributed by atoms with van der Waals surface area (Å²) in [5.74, 6) is 0. The van der Waals surface area contributed by atoms with Crippen molar-refractivity contribution in [3.05, 3.63) is 29.8 Å². The van der Waals surface area contributed by atoms with Gasteiger partial charge in [0.25, 0.3) is 0 Å². The van der Waals surface area contributed by atoms with E-state index in [1.54, 1.807) is 29.2 Å². The summed E-state index contributed by atoms with van der Waals surface area (Å²) in [4.78, 5) is 13.3. The van der Waals surface area contributed by atoms with Gasteiger partial charge in [-0.2, -0.15) is 5.26 Å². The van der Waals surface area contributed by atoms with E-state index in [-0.39, 0.29) is 6.03 Å². The molecule has 1 fully saturated rings.